The normalized spacial score (nSPS) is 10.6. The van der Waals surface area contributed by atoms with Crippen LogP contribution in [0.3, 0.4) is 0 Å². The monoisotopic (exact) mass is 391 g/mol. The van der Waals surface area contributed by atoms with E-state index in [1.54, 1.807) is 30.0 Å². The van der Waals surface area contributed by atoms with Crippen molar-refractivity contribution in [1.82, 2.24) is 9.78 Å². The number of anilines is 1. The van der Waals surface area contributed by atoms with Crippen molar-refractivity contribution in [3.8, 4) is 23.0 Å². The molecule has 1 N–H and O–H groups in total. The highest BCUT2D eigenvalue weighted by molar-refractivity contribution is 7.71. The molecule has 3 aromatic rings. The summed E-state index contributed by atoms with van der Waals surface area (Å²) >= 11 is 11.3. The van der Waals surface area contributed by atoms with Crippen LogP contribution < -0.4 is 14.8 Å². The quantitative estimate of drug-likeness (QED) is 0.571. The van der Waals surface area contributed by atoms with Crippen LogP contribution in [0.5, 0.6) is 11.5 Å². The van der Waals surface area contributed by atoms with Crippen molar-refractivity contribution >= 4 is 29.5 Å². The average Bonchev–Trinajstić information content (AvgIpc) is 3.02. The van der Waals surface area contributed by atoms with Gasteiger partial charge in [0.25, 0.3) is 10.7 Å². The zero-order chi connectivity index (χ0) is 18.5. The van der Waals surface area contributed by atoms with Crippen molar-refractivity contribution in [1.29, 1.82) is 0 Å². The lowest BCUT2D eigenvalue weighted by molar-refractivity contribution is 0.340. The van der Waals surface area contributed by atoms with Gasteiger partial charge in [0.1, 0.15) is 18.2 Å². The Morgan fingerprint density at radius 3 is 2.69 bits per heavy atom. The van der Waals surface area contributed by atoms with E-state index in [1.807, 2.05) is 31.2 Å². The van der Waals surface area contributed by atoms with Gasteiger partial charge in [-0.05, 0) is 61.6 Å². The zero-order valence-electron chi connectivity index (χ0n) is 14.4. The zero-order valence-corrected chi connectivity index (χ0v) is 15.9. The second-order valence-electron chi connectivity index (χ2n) is 5.31. The van der Waals surface area contributed by atoms with E-state index in [0.29, 0.717) is 35.5 Å². The summed E-state index contributed by atoms with van der Waals surface area (Å²) in [5, 5.41) is 8.21. The van der Waals surface area contributed by atoms with Gasteiger partial charge in [-0.25, -0.2) is 4.68 Å². The molecule has 0 aliphatic rings. The fraction of sp³-hybridized carbons (Fsp3) is 0.222. The highest BCUT2D eigenvalue weighted by Gasteiger charge is 2.14. The average molecular weight is 392 g/mol. The van der Waals surface area contributed by atoms with E-state index < -0.39 is 0 Å². The molecule has 0 fully saturated rings. The number of hydrogen-bond acceptors (Lipinski definition) is 6. The number of rotatable bonds is 7. The molecule has 0 bridgehead atoms. The summed E-state index contributed by atoms with van der Waals surface area (Å²) in [4.78, 5) is 0.250. The standard InChI is InChI=1S/C18H18ClN3O3S/c1-3-24-14-7-5-13(6-8-14)20-11-22-18(26)25-17(21-22)15-10-12(19)4-9-16(15)23-2/h4-10,20H,3,11H2,1-2H3. The van der Waals surface area contributed by atoms with E-state index in [9.17, 15) is 0 Å². The number of methoxy groups -OCH3 is 1. The van der Waals surface area contributed by atoms with Gasteiger partial charge >= 0.3 is 0 Å². The van der Waals surface area contributed by atoms with Crippen LogP contribution in [-0.4, -0.2) is 23.5 Å². The number of nitrogens with zero attached hydrogens (tertiary/aromatic N) is 2. The van der Waals surface area contributed by atoms with Gasteiger partial charge in [0.2, 0.25) is 0 Å². The van der Waals surface area contributed by atoms with Crippen molar-refractivity contribution in [3.63, 3.8) is 0 Å². The first-order chi connectivity index (χ1) is 12.6. The molecule has 8 heteroatoms. The molecular formula is C18H18ClN3O3S. The van der Waals surface area contributed by atoms with Crippen LogP contribution >= 0.6 is 23.8 Å². The van der Waals surface area contributed by atoms with E-state index in [2.05, 4.69) is 10.4 Å². The number of halogens is 1. The predicted molar refractivity (Wildman–Crippen MR) is 104 cm³/mol. The Balaban J connectivity index is 1.76. The van der Waals surface area contributed by atoms with E-state index in [4.69, 9.17) is 37.7 Å². The number of ether oxygens (including phenoxy) is 2. The third kappa shape index (κ3) is 4.17. The van der Waals surface area contributed by atoms with Crippen molar-refractivity contribution < 1.29 is 13.9 Å². The van der Waals surface area contributed by atoms with E-state index in [0.717, 1.165) is 11.4 Å². The fourth-order valence-electron chi connectivity index (χ4n) is 2.36. The van der Waals surface area contributed by atoms with Crippen LogP contribution in [0.25, 0.3) is 11.5 Å². The minimum atomic E-state index is 0.250. The van der Waals surface area contributed by atoms with Gasteiger partial charge in [0, 0.05) is 10.7 Å². The number of nitrogens with one attached hydrogen (secondary N) is 1. The van der Waals surface area contributed by atoms with E-state index in [1.165, 1.54) is 0 Å². The van der Waals surface area contributed by atoms with Crippen molar-refractivity contribution in [2.24, 2.45) is 0 Å². The first kappa shape index (κ1) is 18.3. The topological polar surface area (TPSA) is 61.5 Å². The molecular weight excluding hydrogens is 374 g/mol. The van der Waals surface area contributed by atoms with E-state index >= 15 is 0 Å². The van der Waals surface area contributed by atoms with Crippen molar-refractivity contribution in [2.45, 2.75) is 13.6 Å². The first-order valence-electron chi connectivity index (χ1n) is 7.99. The van der Waals surface area contributed by atoms with Crippen molar-refractivity contribution in [2.75, 3.05) is 19.0 Å². The predicted octanol–water partition coefficient (Wildman–Crippen LogP) is 5.00. The fourth-order valence-corrected chi connectivity index (χ4v) is 2.72. The minimum Gasteiger partial charge on any atom is -0.496 e. The molecule has 0 unspecified atom stereocenters. The van der Waals surface area contributed by atoms with Crippen LogP contribution in [0.15, 0.2) is 46.9 Å². The third-order valence-electron chi connectivity index (χ3n) is 3.60. The smallest absolute Gasteiger partial charge is 0.289 e. The van der Waals surface area contributed by atoms with Gasteiger partial charge in [0.15, 0.2) is 0 Å². The maximum atomic E-state index is 6.07. The van der Waals surface area contributed by atoms with E-state index in [-0.39, 0.29) is 4.84 Å². The maximum Gasteiger partial charge on any atom is 0.289 e. The van der Waals surface area contributed by atoms with Gasteiger partial charge in [0.05, 0.1) is 19.3 Å². The number of benzene rings is 2. The molecule has 3 rings (SSSR count). The molecule has 1 aromatic heterocycles. The number of hydrogen-bond donors (Lipinski definition) is 1. The molecule has 0 saturated carbocycles. The van der Waals surface area contributed by atoms with Crippen LogP contribution in [0.1, 0.15) is 6.92 Å². The highest BCUT2D eigenvalue weighted by atomic mass is 35.5. The van der Waals surface area contributed by atoms with Crippen LogP contribution in [-0.2, 0) is 6.67 Å². The molecule has 1 heterocycles. The van der Waals surface area contributed by atoms with Gasteiger partial charge in [-0.3, -0.25) is 0 Å². The van der Waals surface area contributed by atoms with Crippen LogP contribution in [0.2, 0.25) is 5.02 Å². The van der Waals surface area contributed by atoms with Crippen LogP contribution in [0, 0.1) is 4.84 Å². The Labute approximate surface area is 161 Å². The summed E-state index contributed by atoms with van der Waals surface area (Å²) in [5.74, 6) is 1.78. The van der Waals surface area contributed by atoms with Gasteiger partial charge in [-0.1, -0.05) is 11.6 Å². The Kier molecular flexibility index (Phi) is 5.80. The van der Waals surface area contributed by atoms with Gasteiger partial charge < -0.3 is 19.2 Å². The molecule has 0 radical (unpaired) electrons. The summed E-state index contributed by atoms with van der Waals surface area (Å²) in [5.41, 5.74) is 1.56. The SMILES string of the molecule is CCOc1ccc(NCn2nc(-c3cc(Cl)ccc3OC)oc2=S)cc1. The van der Waals surface area contributed by atoms with Crippen molar-refractivity contribution in [3.05, 3.63) is 52.3 Å². The highest BCUT2D eigenvalue weighted by Crippen LogP contribution is 2.31. The lowest BCUT2D eigenvalue weighted by atomic mass is 10.2. The lowest BCUT2D eigenvalue weighted by Gasteiger charge is -2.07. The third-order valence-corrected chi connectivity index (χ3v) is 4.13. The molecule has 6 nitrogen and oxygen atoms in total. The molecule has 0 spiro atoms. The maximum absolute atomic E-state index is 6.07. The van der Waals surface area contributed by atoms with Crippen LogP contribution in [0.4, 0.5) is 5.69 Å². The summed E-state index contributed by atoms with van der Waals surface area (Å²) in [6.45, 7) is 2.95. The Bertz CT molecular complexity index is 938. The molecule has 0 aliphatic carbocycles. The summed E-state index contributed by atoms with van der Waals surface area (Å²) < 4.78 is 17.9. The molecule has 0 atom stereocenters. The molecule has 0 aliphatic heterocycles. The molecule has 0 amide bonds. The van der Waals surface area contributed by atoms with Gasteiger partial charge in [-0.15, -0.1) is 5.10 Å². The Morgan fingerprint density at radius 2 is 2.00 bits per heavy atom. The number of aromatic nitrogens is 2. The minimum absolute atomic E-state index is 0.250. The second-order valence-corrected chi connectivity index (χ2v) is 6.10. The summed E-state index contributed by atoms with van der Waals surface area (Å²) in [6, 6.07) is 12.9. The van der Waals surface area contributed by atoms with Gasteiger partial charge in [-0.2, -0.15) is 0 Å². The summed E-state index contributed by atoms with van der Waals surface area (Å²) in [6.07, 6.45) is 0. The molecule has 0 saturated heterocycles. The molecule has 136 valence electrons. The lowest BCUT2D eigenvalue weighted by Crippen LogP contribution is -2.09. The first-order valence-corrected chi connectivity index (χ1v) is 8.78. The Morgan fingerprint density at radius 1 is 1.23 bits per heavy atom. The molecule has 2 aromatic carbocycles. The second kappa shape index (κ2) is 8.25. The largest absolute Gasteiger partial charge is 0.496 e. The summed E-state index contributed by atoms with van der Waals surface area (Å²) in [7, 11) is 1.58. The molecule has 26 heavy (non-hydrogen) atoms. The Hall–Kier alpha value is -2.51.